The smallest absolute Gasteiger partial charge is 0.247 e. The lowest BCUT2D eigenvalue weighted by Gasteiger charge is -2.64. The SMILES string of the molecule is CC1(C)C2OCCCC2C1(N)C(=O)Nc1nc2c(s1)CCCC2.Cl. The Morgan fingerprint density at radius 3 is 2.83 bits per heavy atom. The van der Waals surface area contributed by atoms with Crippen LogP contribution < -0.4 is 11.1 Å². The number of carbonyl (C=O) groups excluding carboxylic acids is 1. The lowest BCUT2D eigenvalue weighted by molar-refractivity contribution is -0.222. The van der Waals surface area contributed by atoms with Crippen LogP contribution in [0.5, 0.6) is 0 Å². The highest BCUT2D eigenvalue weighted by molar-refractivity contribution is 7.15. The molecule has 5 nitrogen and oxygen atoms in total. The number of fused-ring (bicyclic) bond motifs is 2. The van der Waals surface area contributed by atoms with Crippen LogP contribution in [0.4, 0.5) is 5.13 Å². The molecule has 24 heavy (non-hydrogen) atoms. The van der Waals surface area contributed by atoms with Crippen molar-refractivity contribution in [3.8, 4) is 0 Å². The molecule has 3 atom stereocenters. The molecule has 4 rings (SSSR count). The van der Waals surface area contributed by atoms with Crippen LogP contribution in [0.25, 0.3) is 0 Å². The van der Waals surface area contributed by atoms with E-state index in [0.717, 1.165) is 38.0 Å². The summed E-state index contributed by atoms with van der Waals surface area (Å²) in [5, 5.41) is 3.73. The van der Waals surface area contributed by atoms with E-state index in [1.165, 1.54) is 17.7 Å². The van der Waals surface area contributed by atoms with Crippen molar-refractivity contribution in [2.75, 3.05) is 11.9 Å². The number of carbonyl (C=O) groups is 1. The number of aryl methyl sites for hydroxylation is 2. The Bertz CT molecular complexity index is 624. The molecule has 1 saturated heterocycles. The molecule has 1 aliphatic heterocycles. The fraction of sp³-hybridized carbons (Fsp3) is 0.765. The largest absolute Gasteiger partial charge is 0.377 e. The number of nitrogens with two attached hydrogens (primary N) is 1. The van der Waals surface area contributed by atoms with Crippen molar-refractivity contribution in [3.05, 3.63) is 10.6 Å². The third-order valence-electron chi connectivity index (χ3n) is 6.13. The van der Waals surface area contributed by atoms with Crippen LogP contribution in [-0.2, 0) is 22.4 Å². The Kier molecular flexibility index (Phi) is 4.71. The fourth-order valence-corrected chi connectivity index (χ4v) is 5.69. The summed E-state index contributed by atoms with van der Waals surface area (Å²) in [5.41, 5.74) is 6.58. The number of nitrogens with one attached hydrogen (secondary N) is 1. The van der Waals surface area contributed by atoms with Crippen LogP contribution in [0, 0.1) is 11.3 Å². The van der Waals surface area contributed by atoms with Gasteiger partial charge in [0.25, 0.3) is 0 Å². The van der Waals surface area contributed by atoms with E-state index >= 15 is 0 Å². The molecule has 3 aliphatic rings. The molecule has 1 amide bonds. The van der Waals surface area contributed by atoms with E-state index in [4.69, 9.17) is 10.5 Å². The lowest BCUT2D eigenvalue weighted by atomic mass is 9.46. The van der Waals surface area contributed by atoms with Gasteiger partial charge in [0.2, 0.25) is 5.91 Å². The molecule has 0 bridgehead atoms. The van der Waals surface area contributed by atoms with E-state index in [9.17, 15) is 4.79 Å². The highest BCUT2D eigenvalue weighted by Gasteiger charge is 2.70. The van der Waals surface area contributed by atoms with E-state index in [1.807, 2.05) is 13.8 Å². The van der Waals surface area contributed by atoms with Gasteiger partial charge in [0.05, 0.1) is 11.8 Å². The van der Waals surface area contributed by atoms with Gasteiger partial charge in [-0.15, -0.1) is 23.7 Å². The van der Waals surface area contributed by atoms with Crippen molar-refractivity contribution in [2.45, 2.75) is 64.0 Å². The number of amides is 1. The van der Waals surface area contributed by atoms with Crippen molar-refractivity contribution in [2.24, 2.45) is 17.1 Å². The predicted molar refractivity (Wildman–Crippen MR) is 97.8 cm³/mol. The van der Waals surface area contributed by atoms with Crippen molar-refractivity contribution in [1.29, 1.82) is 0 Å². The average Bonchev–Trinajstić information content (AvgIpc) is 2.96. The summed E-state index contributed by atoms with van der Waals surface area (Å²) >= 11 is 1.61. The minimum absolute atomic E-state index is 0. The summed E-state index contributed by atoms with van der Waals surface area (Å²) in [6.07, 6.45) is 6.56. The van der Waals surface area contributed by atoms with Gasteiger partial charge in [-0.05, 0) is 38.5 Å². The van der Waals surface area contributed by atoms with Gasteiger partial charge >= 0.3 is 0 Å². The number of aromatic nitrogens is 1. The van der Waals surface area contributed by atoms with Crippen LogP contribution in [-0.4, -0.2) is 29.1 Å². The Balaban J connectivity index is 0.00000169. The molecule has 2 aliphatic carbocycles. The lowest BCUT2D eigenvalue weighted by Crippen LogP contribution is -2.81. The summed E-state index contributed by atoms with van der Waals surface area (Å²) < 4.78 is 5.88. The van der Waals surface area contributed by atoms with E-state index in [-0.39, 0.29) is 35.8 Å². The average molecular weight is 372 g/mol. The number of halogens is 1. The number of nitrogens with zero attached hydrogens (tertiary/aromatic N) is 1. The number of hydrogen-bond acceptors (Lipinski definition) is 5. The standard InChI is InChI=1S/C17H25N3O2S.ClH/c1-16(2)13-10(6-5-9-22-13)17(16,18)14(21)20-15-19-11-7-3-4-8-12(11)23-15;/h10,13H,3-9,18H2,1-2H3,(H,19,20,21);1H. The van der Waals surface area contributed by atoms with Gasteiger partial charge in [0.15, 0.2) is 5.13 Å². The molecule has 2 fully saturated rings. The number of hydrogen-bond donors (Lipinski definition) is 2. The number of anilines is 1. The number of ether oxygens (including phenoxy) is 1. The van der Waals surface area contributed by atoms with Crippen molar-refractivity contribution in [1.82, 2.24) is 4.98 Å². The van der Waals surface area contributed by atoms with Crippen molar-refractivity contribution >= 4 is 34.8 Å². The minimum atomic E-state index is -0.871. The van der Waals surface area contributed by atoms with Crippen molar-refractivity contribution in [3.63, 3.8) is 0 Å². The van der Waals surface area contributed by atoms with E-state index in [1.54, 1.807) is 11.3 Å². The number of rotatable bonds is 2. The zero-order valence-electron chi connectivity index (χ0n) is 14.3. The molecule has 1 saturated carbocycles. The first-order valence-corrected chi connectivity index (χ1v) is 9.47. The number of thiazole rings is 1. The molecule has 134 valence electrons. The van der Waals surface area contributed by atoms with Gasteiger partial charge in [-0.2, -0.15) is 0 Å². The molecule has 1 aromatic heterocycles. The fourth-order valence-electron chi connectivity index (χ4n) is 4.64. The molecule has 7 heteroatoms. The third-order valence-corrected chi connectivity index (χ3v) is 7.20. The second-order valence-corrected chi connectivity index (χ2v) is 8.76. The zero-order valence-corrected chi connectivity index (χ0v) is 15.9. The quantitative estimate of drug-likeness (QED) is 0.837. The topological polar surface area (TPSA) is 77.2 Å². The molecule has 0 aromatic carbocycles. The summed E-state index contributed by atoms with van der Waals surface area (Å²) in [5.74, 6) is 0.0150. The summed E-state index contributed by atoms with van der Waals surface area (Å²) in [4.78, 5) is 18.9. The first-order chi connectivity index (χ1) is 10.9. The molecular formula is C17H26ClN3O2S. The molecule has 0 spiro atoms. The summed E-state index contributed by atoms with van der Waals surface area (Å²) in [6.45, 7) is 4.87. The van der Waals surface area contributed by atoms with Crippen LogP contribution in [0.3, 0.4) is 0 Å². The highest BCUT2D eigenvalue weighted by Crippen LogP contribution is 2.57. The Labute approximate surface area is 153 Å². The Morgan fingerprint density at radius 2 is 2.08 bits per heavy atom. The Hall–Kier alpha value is -0.690. The maximum atomic E-state index is 13.0. The van der Waals surface area contributed by atoms with Crippen LogP contribution in [0.2, 0.25) is 0 Å². The predicted octanol–water partition coefficient (Wildman–Crippen LogP) is 2.91. The van der Waals surface area contributed by atoms with Gasteiger partial charge in [-0.25, -0.2) is 4.98 Å². The van der Waals surface area contributed by atoms with Crippen LogP contribution >= 0.6 is 23.7 Å². The normalized spacial score (nSPS) is 33.5. The molecule has 0 radical (unpaired) electrons. The molecule has 1 aromatic rings. The molecular weight excluding hydrogens is 346 g/mol. The van der Waals surface area contributed by atoms with Gasteiger partial charge < -0.3 is 15.8 Å². The van der Waals surface area contributed by atoms with E-state index < -0.39 is 5.54 Å². The van der Waals surface area contributed by atoms with E-state index in [0.29, 0.717) is 5.13 Å². The van der Waals surface area contributed by atoms with Gasteiger partial charge in [0.1, 0.15) is 5.54 Å². The van der Waals surface area contributed by atoms with E-state index in [2.05, 4.69) is 10.3 Å². The maximum absolute atomic E-state index is 13.0. The molecule has 3 unspecified atom stereocenters. The van der Waals surface area contributed by atoms with Gasteiger partial charge in [-0.3, -0.25) is 4.79 Å². The van der Waals surface area contributed by atoms with Crippen LogP contribution in [0.1, 0.15) is 50.1 Å². The highest BCUT2D eigenvalue weighted by atomic mass is 35.5. The minimum Gasteiger partial charge on any atom is -0.377 e. The first-order valence-electron chi connectivity index (χ1n) is 8.65. The molecule has 2 heterocycles. The summed E-state index contributed by atoms with van der Waals surface area (Å²) in [7, 11) is 0. The molecule has 3 N–H and O–H groups in total. The zero-order chi connectivity index (χ0) is 16.2. The van der Waals surface area contributed by atoms with Crippen molar-refractivity contribution < 1.29 is 9.53 Å². The van der Waals surface area contributed by atoms with Crippen LogP contribution in [0.15, 0.2) is 0 Å². The third kappa shape index (κ3) is 2.42. The van der Waals surface area contributed by atoms with Gasteiger partial charge in [0, 0.05) is 22.8 Å². The monoisotopic (exact) mass is 371 g/mol. The maximum Gasteiger partial charge on any atom is 0.247 e. The second kappa shape index (κ2) is 6.24. The Morgan fingerprint density at radius 1 is 1.33 bits per heavy atom. The second-order valence-electron chi connectivity index (χ2n) is 7.68. The van der Waals surface area contributed by atoms with Gasteiger partial charge in [-0.1, -0.05) is 13.8 Å². The summed E-state index contributed by atoms with van der Waals surface area (Å²) in [6, 6.07) is 0. The first kappa shape index (κ1) is 18.1.